The summed E-state index contributed by atoms with van der Waals surface area (Å²) in [5.74, 6) is 2.24. The van der Waals surface area contributed by atoms with Crippen molar-refractivity contribution in [2.45, 2.75) is 51.7 Å². The third kappa shape index (κ3) is 4.99. The van der Waals surface area contributed by atoms with Crippen LogP contribution in [0.15, 0.2) is 30.3 Å². The molecule has 6 nitrogen and oxygen atoms in total. The number of hydrogen-bond acceptors (Lipinski definition) is 5. The zero-order valence-electron chi connectivity index (χ0n) is 18.2. The van der Waals surface area contributed by atoms with Crippen molar-refractivity contribution in [1.82, 2.24) is 5.32 Å². The van der Waals surface area contributed by atoms with E-state index in [1.807, 2.05) is 25.1 Å². The van der Waals surface area contributed by atoms with Crippen LogP contribution in [0.5, 0.6) is 23.0 Å². The van der Waals surface area contributed by atoms with Gasteiger partial charge in [-0.3, -0.25) is 4.79 Å². The van der Waals surface area contributed by atoms with Crippen LogP contribution < -0.4 is 24.3 Å². The maximum Gasteiger partial charge on any atom is 0.261 e. The van der Waals surface area contributed by atoms with Crippen molar-refractivity contribution >= 4 is 5.91 Å². The molecule has 30 heavy (non-hydrogen) atoms. The molecule has 3 rings (SSSR count). The maximum absolute atomic E-state index is 12.7. The molecule has 0 unspecified atom stereocenters. The highest BCUT2D eigenvalue weighted by molar-refractivity contribution is 5.81. The number of ether oxygens (including phenoxy) is 4. The van der Waals surface area contributed by atoms with Gasteiger partial charge in [0.15, 0.2) is 17.6 Å². The molecule has 0 fully saturated rings. The number of aryl methyl sites for hydroxylation is 2. The maximum atomic E-state index is 12.7. The second kappa shape index (κ2) is 10.2. The summed E-state index contributed by atoms with van der Waals surface area (Å²) in [5, 5.41) is 2.96. The van der Waals surface area contributed by atoms with Gasteiger partial charge in [0, 0.05) is 6.54 Å². The van der Waals surface area contributed by atoms with E-state index in [1.54, 1.807) is 21.3 Å². The number of benzene rings is 2. The molecule has 1 amide bonds. The van der Waals surface area contributed by atoms with E-state index in [0.29, 0.717) is 30.2 Å². The third-order valence-corrected chi connectivity index (χ3v) is 5.45. The number of carbonyl (C=O) groups is 1. The topological polar surface area (TPSA) is 66.0 Å². The number of methoxy groups -OCH3 is 3. The Labute approximate surface area is 178 Å². The molecule has 0 radical (unpaired) electrons. The first-order chi connectivity index (χ1) is 14.6. The van der Waals surface area contributed by atoms with Crippen LogP contribution in [-0.4, -0.2) is 33.3 Å². The number of nitrogens with one attached hydrogen (secondary N) is 1. The Hall–Kier alpha value is -2.89. The van der Waals surface area contributed by atoms with Crippen molar-refractivity contribution in [1.29, 1.82) is 0 Å². The zero-order chi connectivity index (χ0) is 21.5. The summed E-state index contributed by atoms with van der Waals surface area (Å²) in [6, 6.07) is 9.84. The van der Waals surface area contributed by atoms with E-state index in [0.717, 1.165) is 24.2 Å². The van der Waals surface area contributed by atoms with Crippen LogP contribution in [0.25, 0.3) is 0 Å². The standard InChI is InChI=1S/C24H31NO5/c1-5-20(30-19-11-10-17-8-6-7-9-18(17)14-19)24(26)25-15-16-12-21(27-2)23(29-4)22(13-16)28-3/h10-14,20H,5-9,15H2,1-4H3,(H,25,26)/t20-/m0/s1. The highest BCUT2D eigenvalue weighted by Crippen LogP contribution is 2.38. The van der Waals surface area contributed by atoms with Gasteiger partial charge in [0.1, 0.15) is 5.75 Å². The van der Waals surface area contributed by atoms with Gasteiger partial charge >= 0.3 is 0 Å². The highest BCUT2D eigenvalue weighted by atomic mass is 16.5. The molecule has 1 N–H and O–H groups in total. The van der Waals surface area contributed by atoms with Crippen molar-refractivity contribution in [3.8, 4) is 23.0 Å². The average Bonchev–Trinajstić information content (AvgIpc) is 2.79. The van der Waals surface area contributed by atoms with Crippen molar-refractivity contribution in [3.05, 3.63) is 47.0 Å². The lowest BCUT2D eigenvalue weighted by Crippen LogP contribution is -2.37. The van der Waals surface area contributed by atoms with Crippen LogP contribution in [0, 0.1) is 0 Å². The predicted octanol–water partition coefficient (Wildman–Crippen LogP) is 4.07. The van der Waals surface area contributed by atoms with Crippen LogP contribution in [0.1, 0.15) is 42.9 Å². The molecular formula is C24H31NO5. The van der Waals surface area contributed by atoms with Crippen LogP contribution in [0.2, 0.25) is 0 Å². The van der Waals surface area contributed by atoms with Crippen molar-refractivity contribution in [3.63, 3.8) is 0 Å². The van der Waals surface area contributed by atoms with E-state index in [2.05, 4.69) is 17.4 Å². The number of hydrogen-bond donors (Lipinski definition) is 1. The molecule has 0 spiro atoms. The van der Waals surface area contributed by atoms with E-state index < -0.39 is 6.10 Å². The molecule has 2 aromatic rings. The number of carbonyl (C=O) groups excluding carboxylic acids is 1. The van der Waals surface area contributed by atoms with Crippen LogP contribution in [0.4, 0.5) is 0 Å². The molecule has 0 aliphatic heterocycles. The molecule has 6 heteroatoms. The smallest absolute Gasteiger partial charge is 0.261 e. The number of rotatable bonds is 9. The Balaban J connectivity index is 1.66. The van der Waals surface area contributed by atoms with E-state index in [9.17, 15) is 4.79 Å². The molecule has 2 aromatic carbocycles. The molecular weight excluding hydrogens is 382 g/mol. The first-order valence-electron chi connectivity index (χ1n) is 10.4. The predicted molar refractivity (Wildman–Crippen MR) is 116 cm³/mol. The van der Waals surface area contributed by atoms with Crippen molar-refractivity contribution < 1.29 is 23.7 Å². The summed E-state index contributed by atoms with van der Waals surface area (Å²) in [4.78, 5) is 12.7. The summed E-state index contributed by atoms with van der Waals surface area (Å²) in [6.07, 6.45) is 4.70. The SMILES string of the molecule is CC[C@H](Oc1ccc2c(c1)CCCC2)C(=O)NCc1cc(OC)c(OC)c(OC)c1. The fourth-order valence-electron chi connectivity index (χ4n) is 3.81. The van der Waals surface area contributed by atoms with Gasteiger partial charge in [-0.2, -0.15) is 0 Å². The van der Waals surface area contributed by atoms with Crippen molar-refractivity contribution in [2.75, 3.05) is 21.3 Å². The molecule has 162 valence electrons. The Morgan fingerprint density at radius 2 is 1.63 bits per heavy atom. The van der Waals surface area contributed by atoms with Gasteiger partial charge in [0.05, 0.1) is 21.3 Å². The van der Waals surface area contributed by atoms with Gasteiger partial charge in [-0.05, 0) is 73.1 Å². The lowest BCUT2D eigenvalue weighted by molar-refractivity contribution is -0.128. The van der Waals surface area contributed by atoms with Gasteiger partial charge in [0.25, 0.3) is 5.91 Å². The van der Waals surface area contributed by atoms with Gasteiger partial charge in [-0.25, -0.2) is 0 Å². The van der Waals surface area contributed by atoms with Gasteiger partial charge in [-0.15, -0.1) is 0 Å². The van der Waals surface area contributed by atoms with E-state index in [-0.39, 0.29) is 5.91 Å². The minimum atomic E-state index is -0.548. The normalized spacial score (nSPS) is 13.7. The molecule has 0 saturated carbocycles. The highest BCUT2D eigenvalue weighted by Gasteiger charge is 2.20. The number of amides is 1. The van der Waals surface area contributed by atoms with Crippen LogP contribution >= 0.6 is 0 Å². The van der Waals surface area contributed by atoms with Gasteiger partial charge < -0.3 is 24.3 Å². The fourth-order valence-corrected chi connectivity index (χ4v) is 3.81. The second-order valence-electron chi connectivity index (χ2n) is 7.40. The van der Waals surface area contributed by atoms with Gasteiger partial charge in [0.2, 0.25) is 5.75 Å². The van der Waals surface area contributed by atoms with E-state index in [1.165, 1.54) is 24.0 Å². The Morgan fingerprint density at radius 3 is 2.23 bits per heavy atom. The minimum absolute atomic E-state index is 0.149. The largest absolute Gasteiger partial charge is 0.493 e. The second-order valence-corrected chi connectivity index (χ2v) is 7.40. The summed E-state index contributed by atoms with van der Waals surface area (Å²) in [7, 11) is 4.70. The Morgan fingerprint density at radius 1 is 0.967 bits per heavy atom. The quantitative estimate of drug-likeness (QED) is 0.671. The first-order valence-corrected chi connectivity index (χ1v) is 10.4. The molecule has 0 saturated heterocycles. The minimum Gasteiger partial charge on any atom is -0.493 e. The molecule has 1 aliphatic rings. The van der Waals surface area contributed by atoms with E-state index in [4.69, 9.17) is 18.9 Å². The number of fused-ring (bicyclic) bond motifs is 1. The average molecular weight is 414 g/mol. The van der Waals surface area contributed by atoms with Gasteiger partial charge in [-0.1, -0.05) is 13.0 Å². The molecule has 1 atom stereocenters. The molecule has 0 aromatic heterocycles. The fraction of sp³-hybridized carbons (Fsp3) is 0.458. The van der Waals surface area contributed by atoms with Crippen LogP contribution in [0.3, 0.4) is 0 Å². The zero-order valence-corrected chi connectivity index (χ0v) is 18.2. The third-order valence-electron chi connectivity index (χ3n) is 5.45. The Kier molecular flexibility index (Phi) is 7.44. The summed E-state index contributed by atoms with van der Waals surface area (Å²) >= 11 is 0. The molecule has 0 bridgehead atoms. The van der Waals surface area contributed by atoms with Crippen molar-refractivity contribution in [2.24, 2.45) is 0 Å². The summed E-state index contributed by atoms with van der Waals surface area (Å²) in [6.45, 7) is 2.28. The van der Waals surface area contributed by atoms with Crippen LogP contribution in [-0.2, 0) is 24.2 Å². The first kappa shape index (κ1) is 21.8. The lowest BCUT2D eigenvalue weighted by Gasteiger charge is -2.21. The Bertz CT molecular complexity index is 855. The lowest BCUT2D eigenvalue weighted by atomic mass is 9.92. The summed E-state index contributed by atoms with van der Waals surface area (Å²) < 4.78 is 22.1. The molecule has 0 heterocycles. The van der Waals surface area contributed by atoms with E-state index >= 15 is 0 Å². The monoisotopic (exact) mass is 413 g/mol. The summed E-state index contributed by atoms with van der Waals surface area (Å²) in [5.41, 5.74) is 3.58. The molecule has 1 aliphatic carbocycles.